The Morgan fingerprint density at radius 1 is 0.839 bits per heavy atom. The fraction of sp³-hybridized carbons (Fsp3) is 0.714. The Bertz CT molecular complexity index is 643. The van der Waals surface area contributed by atoms with Gasteiger partial charge in [0.05, 0.1) is 0 Å². The summed E-state index contributed by atoms with van der Waals surface area (Å²) in [7, 11) is 0. The van der Waals surface area contributed by atoms with Crippen LogP contribution in [-0.4, -0.2) is 6.61 Å². The lowest BCUT2D eigenvalue weighted by molar-refractivity contribution is -0.0498. The third-order valence-electron chi connectivity index (χ3n) is 7.66. The molecular weight excluding hydrogens is 390 g/mol. The molecule has 1 unspecified atom stereocenters. The summed E-state index contributed by atoms with van der Waals surface area (Å²) in [4.78, 5) is 0. The lowest BCUT2D eigenvalue weighted by Crippen LogP contribution is -2.22. The monoisotopic (exact) mass is 432 g/mol. The van der Waals surface area contributed by atoms with Crippen LogP contribution < -0.4 is 4.74 Å². The SMILES string of the molecule is CCCCCCCCCC1=CCC([C@H]2CC[C@H](c3ccc(OC(F)F)cc3)CC2)CC1. The van der Waals surface area contributed by atoms with Crippen LogP contribution in [0.4, 0.5) is 8.78 Å². The molecule has 1 atom stereocenters. The van der Waals surface area contributed by atoms with Crippen LogP contribution in [0.25, 0.3) is 0 Å². The van der Waals surface area contributed by atoms with Gasteiger partial charge in [-0.05, 0) is 93.2 Å². The standard InChI is InChI=1S/C28H42F2O/c1-2-3-4-5-6-7-8-9-22-10-12-23(13-11-22)24-14-16-25(17-15-24)26-18-20-27(21-19-26)31-28(29)30/h10,18-21,23-25,28H,2-9,11-17H2,1H3/t23?,24-,25-. The number of hydrogen-bond donors (Lipinski definition) is 0. The van der Waals surface area contributed by atoms with E-state index in [0.29, 0.717) is 5.92 Å². The van der Waals surface area contributed by atoms with E-state index in [-0.39, 0.29) is 5.75 Å². The van der Waals surface area contributed by atoms with Crippen LogP contribution in [0.2, 0.25) is 0 Å². The Kier molecular flexibility index (Phi) is 10.4. The van der Waals surface area contributed by atoms with Gasteiger partial charge >= 0.3 is 6.61 Å². The van der Waals surface area contributed by atoms with Gasteiger partial charge in [0.1, 0.15) is 5.75 Å². The Labute approximate surface area is 188 Å². The predicted octanol–water partition coefficient (Wildman–Crippen LogP) is 9.43. The lowest BCUT2D eigenvalue weighted by Gasteiger charge is -2.35. The smallest absolute Gasteiger partial charge is 0.387 e. The van der Waals surface area contributed by atoms with Crippen molar-refractivity contribution in [3.05, 3.63) is 41.5 Å². The van der Waals surface area contributed by atoms with Crippen molar-refractivity contribution in [2.45, 2.75) is 116 Å². The number of ether oxygens (including phenoxy) is 1. The van der Waals surface area contributed by atoms with E-state index in [4.69, 9.17) is 0 Å². The van der Waals surface area contributed by atoms with Gasteiger partial charge in [-0.2, -0.15) is 8.78 Å². The van der Waals surface area contributed by atoms with E-state index in [1.54, 1.807) is 17.7 Å². The average molecular weight is 433 g/mol. The van der Waals surface area contributed by atoms with E-state index in [0.717, 1.165) is 11.8 Å². The van der Waals surface area contributed by atoms with Crippen LogP contribution in [0.15, 0.2) is 35.9 Å². The summed E-state index contributed by atoms with van der Waals surface area (Å²) in [6.07, 6.45) is 22.8. The van der Waals surface area contributed by atoms with E-state index in [1.165, 1.54) is 102 Å². The molecule has 1 aromatic rings. The maximum Gasteiger partial charge on any atom is 0.387 e. The third kappa shape index (κ3) is 8.24. The topological polar surface area (TPSA) is 9.23 Å². The number of alkyl halides is 2. The van der Waals surface area contributed by atoms with Crippen molar-refractivity contribution in [1.29, 1.82) is 0 Å². The summed E-state index contributed by atoms with van der Waals surface area (Å²) >= 11 is 0. The first-order chi connectivity index (χ1) is 15.2. The molecule has 0 radical (unpaired) electrons. The van der Waals surface area contributed by atoms with Crippen molar-refractivity contribution in [2.75, 3.05) is 0 Å². The largest absolute Gasteiger partial charge is 0.435 e. The van der Waals surface area contributed by atoms with E-state index < -0.39 is 6.61 Å². The van der Waals surface area contributed by atoms with E-state index in [2.05, 4.69) is 17.7 Å². The maximum absolute atomic E-state index is 12.3. The highest BCUT2D eigenvalue weighted by molar-refractivity contribution is 5.29. The van der Waals surface area contributed by atoms with E-state index in [1.807, 2.05) is 12.1 Å². The molecule has 3 rings (SSSR count). The van der Waals surface area contributed by atoms with Gasteiger partial charge in [-0.1, -0.05) is 69.2 Å². The molecule has 0 spiro atoms. The van der Waals surface area contributed by atoms with Gasteiger partial charge in [0, 0.05) is 0 Å². The molecule has 0 aliphatic heterocycles. The van der Waals surface area contributed by atoms with Crippen LogP contribution in [0.5, 0.6) is 5.75 Å². The molecule has 1 fully saturated rings. The fourth-order valence-corrected chi connectivity index (χ4v) is 5.72. The highest BCUT2D eigenvalue weighted by atomic mass is 19.3. The van der Waals surface area contributed by atoms with Crippen LogP contribution >= 0.6 is 0 Å². The Hall–Kier alpha value is -1.38. The second-order valence-corrected chi connectivity index (χ2v) is 9.83. The molecule has 0 saturated heterocycles. The molecular formula is C28H42F2O. The van der Waals surface area contributed by atoms with Gasteiger partial charge < -0.3 is 4.74 Å². The molecule has 31 heavy (non-hydrogen) atoms. The molecule has 0 amide bonds. The number of unbranched alkanes of at least 4 members (excludes halogenated alkanes) is 6. The number of rotatable bonds is 12. The summed E-state index contributed by atoms with van der Waals surface area (Å²) in [6.45, 7) is -0.467. The van der Waals surface area contributed by atoms with Gasteiger partial charge in [-0.25, -0.2) is 0 Å². The first kappa shape index (κ1) is 24.3. The average Bonchev–Trinajstić information content (AvgIpc) is 2.79. The first-order valence-corrected chi connectivity index (χ1v) is 12.9. The number of benzene rings is 1. The molecule has 0 aromatic heterocycles. The van der Waals surface area contributed by atoms with Crippen molar-refractivity contribution in [3.8, 4) is 5.75 Å². The summed E-state index contributed by atoms with van der Waals surface area (Å²) in [6, 6.07) is 7.32. The van der Waals surface area contributed by atoms with Crippen LogP contribution in [0, 0.1) is 11.8 Å². The zero-order valence-electron chi connectivity index (χ0n) is 19.5. The maximum atomic E-state index is 12.3. The summed E-state index contributed by atoms with van der Waals surface area (Å²) in [5.74, 6) is 2.58. The van der Waals surface area contributed by atoms with Crippen molar-refractivity contribution < 1.29 is 13.5 Å². The molecule has 0 bridgehead atoms. The van der Waals surface area contributed by atoms with E-state index >= 15 is 0 Å². The van der Waals surface area contributed by atoms with Gasteiger partial charge in [-0.3, -0.25) is 0 Å². The molecule has 1 aromatic carbocycles. The Morgan fingerprint density at radius 3 is 2.13 bits per heavy atom. The van der Waals surface area contributed by atoms with E-state index in [9.17, 15) is 8.78 Å². The molecule has 0 heterocycles. The fourth-order valence-electron chi connectivity index (χ4n) is 5.72. The number of hydrogen-bond acceptors (Lipinski definition) is 1. The Balaban J connectivity index is 1.33. The van der Waals surface area contributed by atoms with Crippen molar-refractivity contribution >= 4 is 0 Å². The molecule has 1 saturated carbocycles. The first-order valence-electron chi connectivity index (χ1n) is 12.9. The molecule has 2 aliphatic carbocycles. The summed E-state index contributed by atoms with van der Waals surface area (Å²) < 4.78 is 29.1. The normalized spacial score (nSPS) is 24.3. The quantitative estimate of drug-likeness (QED) is 0.236. The second kappa shape index (κ2) is 13.2. The molecule has 2 aliphatic rings. The van der Waals surface area contributed by atoms with Gasteiger partial charge in [0.25, 0.3) is 0 Å². The van der Waals surface area contributed by atoms with Crippen molar-refractivity contribution in [2.24, 2.45) is 11.8 Å². The van der Waals surface area contributed by atoms with Crippen molar-refractivity contribution in [1.82, 2.24) is 0 Å². The molecule has 0 N–H and O–H groups in total. The minimum Gasteiger partial charge on any atom is -0.435 e. The van der Waals surface area contributed by atoms with Crippen LogP contribution in [0.3, 0.4) is 0 Å². The van der Waals surface area contributed by atoms with Crippen molar-refractivity contribution in [3.63, 3.8) is 0 Å². The summed E-state index contributed by atoms with van der Waals surface area (Å²) in [5, 5.41) is 0. The van der Waals surface area contributed by atoms with Gasteiger partial charge in [-0.15, -0.1) is 0 Å². The minimum absolute atomic E-state index is 0.258. The Morgan fingerprint density at radius 2 is 1.52 bits per heavy atom. The number of allylic oxidation sites excluding steroid dienone is 2. The van der Waals surface area contributed by atoms with Gasteiger partial charge in [0.2, 0.25) is 0 Å². The number of halogens is 2. The zero-order valence-corrected chi connectivity index (χ0v) is 19.5. The van der Waals surface area contributed by atoms with Crippen LogP contribution in [-0.2, 0) is 0 Å². The zero-order chi connectivity index (χ0) is 21.9. The third-order valence-corrected chi connectivity index (χ3v) is 7.66. The predicted molar refractivity (Wildman–Crippen MR) is 126 cm³/mol. The van der Waals surface area contributed by atoms with Gasteiger partial charge in [0.15, 0.2) is 0 Å². The highest BCUT2D eigenvalue weighted by Gasteiger charge is 2.29. The second-order valence-electron chi connectivity index (χ2n) is 9.83. The molecule has 3 heteroatoms. The highest BCUT2D eigenvalue weighted by Crippen LogP contribution is 2.43. The summed E-state index contributed by atoms with van der Waals surface area (Å²) in [5.41, 5.74) is 3.00. The molecule has 174 valence electrons. The van der Waals surface area contributed by atoms with Crippen LogP contribution in [0.1, 0.15) is 115 Å². The minimum atomic E-state index is -2.75. The molecule has 1 nitrogen and oxygen atoms in total. The lowest BCUT2D eigenvalue weighted by atomic mass is 9.70.